The van der Waals surface area contributed by atoms with Gasteiger partial charge >= 0.3 is 37.7 Å². The molecule has 3 heterocycles. The number of halogens is 1. The first-order valence-electron chi connectivity index (χ1n) is 12.6. The van der Waals surface area contributed by atoms with Gasteiger partial charge in [0.1, 0.15) is 12.0 Å². The molecule has 0 N–H and O–H groups in total. The van der Waals surface area contributed by atoms with Crippen LogP contribution in [0.25, 0.3) is 11.0 Å². The molecule has 14 heteroatoms. The first-order chi connectivity index (χ1) is 18.6. The van der Waals surface area contributed by atoms with Crippen LogP contribution in [0, 0.1) is 5.82 Å². The third-order valence-electron chi connectivity index (χ3n) is 7.00. The maximum absolute atomic E-state index is 13.5. The number of phosphoric ester groups is 1. The van der Waals surface area contributed by atoms with Crippen molar-refractivity contribution < 1.29 is 23.3 Å². The van der Waals surface area contributed by atoms with Crippen molar-refractivity contribution in [2.24, 2.45) is 0 Å². The molecule has 11 nitrogen and oxygen atoms in total. The monoisotopic (exact) mass is 594 g/mol. The van der Waals surface area contributed by atoms with Crippen LogP contribution in [0.15, 0.2) is 65.6 Å². The van der Waals surface area contributed by atoms with Crippen molar-refractivity contribution >= 4 is 68.5 Å². The second-order valence-corrected chi connectivity index (χ2v) is 10.7. The largest absolute Gasteiger partial charge is 2.00 e. The molecule has 0 aliphatic carbocycles. The number of para-hydroxylation sites is 2. The van der Waals surface area contributed by atoms with Crippen LogP contribution in [0.3, 0.4) is 0 Å². The van der Waals surface area contributed by atoms with E-state index < -0.39 is 19.6 Å². The number of rotatable bonds is 8. The summed E-state index contributed by atoms with van der Waals surface area (Å²) in [5, 5.41) is 0. The van der Waals surface area contributed by atoms with Gasteiger partial charge in [0.05, 0.1) is 25.4 Å². The summed E-state index contributed by atoms with van der Waals surface area (Å²) in [7, 11) is -3.54. The summed E-state index contributed by atoms with van der Waals surface area (Å²) in [4.78, 5) is 48.1. The van der Waals surface area contributed by atoms with E-state index in [0.717, 1.165) is 27.1 Å². The number of benzene rings is 2. The first-order valence-corrected chi connectivity index (χ1v) is 14.0. The van der Waals surface area contributed by atoms with Crippen LogP contribution in [0.4, 0.5) is 16.3 Å². The Labute approximate surface area is 260 Å². The quantitative estimate of drug-likeness (QED) is 0.222. The number of anilines is 2. The zero-order valence-electron chi connectivity index (χ0n) is 22.2. The Morgan fingerprint density at radius 2 is 1.80 bits per heavy atom. The Morgan fingerprint density at radius 1 is 1.12 bits per heavy atom. The summed E-state index contributed by atoms with van der Waals surface area (Å²) >= 11 is 0. The van der Waals surface area contributed by atoms with E-state index in [9.17, 15) is 23.5 Å². The van der Waals surface area contributed by atoms with E-state index >= 15 is 0 Å². The van der Waals surface area contributed by atoms with Crippen molar-refractivity contribution in [2.45, 2.75) is 38.6 Å². The van der Waals surface area contributed by atoms with Gasteiger partial charge in [-0.3, -0.25) is 9.36 Å². The minimum absolute atomic E-state index is 0. The van der Waals surface area contributed by atoms with Gasteiger partial charge in [-0.15, -0.1) is 0 Å². The Morgan fingerprint density at radius 3 is 2.48 bits per heavy atom. The maximum atomic E-state index is 13.5. The molecule has 1 unspecified atom stereocenters. The van der Waals surface area contributed by atoms with Crippen LogP contribution in [0.1, 0.15) is 31.6 Å². The average molecular weight is 595 g/mol. The molecule has 4 aromatic rings. The SMILES string of the molecule is CC(OP(=O)([O-])[O-])n1c(N(C)C2CCN(c3nc4ccccc4n3Cc3ccc(F)cc3)CC2)nccc1=O.[Ca+2]. The maximum Gasteiger partial charge on any atom is 2.00 e. The van der Waals surface area contributed by atoms with Crippen LogP contribution < -0.4 is 25.1 Å². The number of phosphoric acid groups is 1. The Bertz CT molecular complexity index is 1570. The van der Waals surface area contributed by atoms with Gasteiger partial charge in [0.15, 0.2) is 0 Å². The van der Waals surface area contributed by atoms with Crippen LogP contribution in [-0.2, 0) is 15.6 Å². The van der Waals surface area contributed by atoms with Gasteiger partial charge in [-0.05, 0) is 49.6 Å². The molecule has 0 amide bonds. The normalized spacial score (nSPS) is 15.2. The van der Waals surface area contributed by atoms with E-state index in [4.69, 9.17) is 4.98 Å². The van der Waals surface area contributed by atoms with Gasteiger partial charge in [0.25, 0.3) is 5.56 Å². The predicted octanol–water partition coefficient (Wildman–Crippen LogP) is 1.87. The smallest absolute Gasteiger partial charge is 0.790 e. The first kappa shape index (κ1) is 30.6. The molecule has 1 aliphatic heterocycles. The molecule has 1 aliphatic rings. The van der Waals surface area contributed by atoms with Crippen LogP contribution in [0.2, 0.25) is 0 Å². The van der Waals surface area contributed by atoms with Crippen molar-refractivity contribution in [1.29, 1.82) is 0 Å². The fraction of sp³-hybridized carbons (Fsp3) is 0.346. The number of piperidine rings is 1. The Hall–Kier alpha value is -2.31. The van der Waals surface area contributed by atoms with E-state index in [2.05, 4.69) is 19.0 Å². The third-order valence-corrected chi connectivity index (χ3v) is 7.57. The summed E-state index contributed by atoms with van der Waals surface area (Å²) in [6, 6.07) is 15.5. The van der Waals surface area contributed by atoms with Crippen LogP contribution in [0.5, 0.6) is 0 Å². The summed E-state index contributed by atoms with van der Waals surface area (Å²) in [5.41, 5.74) is 2.28. The van der Waals surface area contributed by atoms with Crippen LogP contribution in [-0.4, -0.2) is 83.0 Å². The minimum atomic E-state index is -5.32. The molecule has 0 radical (unpaired) electrons. The van der Waals surface area contributed by atoms with Gasteiger partial charge in [0.2, 0.25) is 11.9 Å². The molecule has 5 rings (SSSR count). The molecular formula is C26H28CaFN6O5P. The topological polar surface area (TPSA) is 132 Å². The van der Waals surface area contributed by atoms with Gasteiger partial charge in [-0.25, -0.2) is 14.4 Å². The summed E-state index contributed by atoms with van der Waals surface area (Å²) < 4.78 is 32.4. The molecule has 2 aromatic heterocycles. The van der Waals surface area contributed by atoms with E-state index in [1.165, 1.54) is 31.3 Å². The number of fused-ring (bicyclic) bond motifs is 1. The molecule has 2 aromatic carbocycles. The molecule has 0 spiro atoms. The molecule has 0 bridgehead atoms. The number of imidazole rings is 1. The molecule has 1 atom stereocenters. The summed E-state index contributed by atoms with van der Waals surface area (Å²) in [5.74, 6) is 0.750. The minimum Gasteiger partial charge on any atom is -0.790 e. The van der Waals surface area contributed by atoms with Crippen molar-refractivity contribution in [3.05, 3.63) is 82.5 Å². The van der Waals surface area contributed by atoms with Crippen molar-refractivity contribution in [1.82, 2.24) is 19.1 Å². The van der Waals surface area contributed by atoms with E-state index in [1.807, 2.05) is 29.2 Å². The zero-order valence-corrected chi connectivity index (χ0v) is 25.3. The Kier molecular flexibility index (Phi) is 9.72. The van der Waals surface area contributed by atoms with E-state index in [-0.39, 0.29) is 55.5 Å². The fourth-order valence-corrected chi connectivity index (χ4v) is 5.56. The number of hydrogen-bond donors (Lipinski definition) is 0. The molecule has 1 fully saturated rings. The Balaban J connectivity index is 0.00000370. The standard InChI is InChI=1S/C26H30FN6O5P.Ca/c1-18(38-39(35,36)37)33-24(34)11-14-28-25(33)30(2)21-12-15-31(16-13-21)26-29-22-5-3-4-6-23(22)32(26)17-19-7-9-20(27)10-8-19;/h3-11,14,18,21H,12-13,15-17H2,1-2H3,(H2,35,36,37);/q;+2/p-2. The van der Waals surface area contributed by atoms with Gasteiger partial charge in [0, 0.05) is 38.4 Å². The molecule has 1 saturated heterocycles. The predicted molar refractivity (Wildman–Crippen MR) is 147 cm³/mol. The van der Waals surface area contributed by atoms with Crippen molar-refractivity contribution in [3.8, 4) is 0 Å². The molecular weight excluding hydrogens is 566 g/mol. The fourth-order valence-electron chi connectivity index (χ4n) is 5.09. The second-order valence-electron chi connectivity index (χ2n) is 9.55. The van der Waals surface area contributed by atoms with Gasteiger partial charge in [-0.2, -0.15) is 0 Å². The second kappa shape index (κ2) is 12.7. The summed E-state index contributed by atoms with van der Waals surface area (Å²) in [6.07, 6.45) is 1.42. The number of aromatic nitrogens is 4. The molecule has 40 heavy (non-hydrogen) atoms. The number of nitrogens with zero attached hydrogens (tertiary/aromatic N) is 6. The van der Waals surface area contributed by atoms with Gasteiger partial charge < -0.3 is 33.2 Å². The van der Waals surface area contributed by atoms with E-state index in [0.29, 0.717) is 32.5 Å². The van der Waals surface area contributed by atoms with Crippen molar-refractivity contribution in [2.75, 3.05) is 29.9 Å². The van der Waals surface area contributed by atoms with Gasteiger partial charge in [-0.1, -0.05) is 24.3 Å². The van der Waals surface area contributed by atoms with E-state index in [1.54, 1.807) is 19.2 Å². The van der Waals surface area contributed by atoms with Crippen LogP contribution >= 0.6 is 7.82 Å². The molecule has 0 saturated carbocycles. The number of hydrogen-bond acceptors (Lipinski definition) is 9. The average Bonchev–Trinajstić information content (AvgIpc) is 3.26. The third kappa shape index (κ3) is 6.76. The summed E-state index contributed by atoms with van der Waals surface area (Å²) in [6.45, 7) is 3.19. The molecule has 206 valence electrons. The zero-order chi connectivity index (χ0) is 27.7. The van der Waals surface area contributed by atoms with Crippen molar-refractivity contribution in [3.63, 3.8) is 0 Å².